The third-order valence-electron chi connectivity index (χ3n) is 5.66. The Labute approximate surface area is 148 Å². The molecule has 1 amide bonds. The predicted octanol–water partition coefficient (Wildman–Crippen LogP) is 2.04. The van der Waals surface area contributed by atoms with Crippen molar-refractivity contribution in [2.24, 2.45) is 5.92 Å². The highest BCUT2D eigenvalue weighted by atomic mass is 16.6. The van der Waals surface area contributed by atoms with Crippen LogP contribution in [0.4, 0.5) is 0 Å². The molecule has 3 aliphatic rings. The number of carbonyl (C=O) groups excluding carboxylic acids is 1. The lowest BCUT2D eigenvalue weighted by Gasteiger charge is -2.40. The zero-order valence-electron chi connectivity index (χ0n) is 14.6. The van der Waals surface area contributed by atoms with Gasteiger partial charge in [-0.1, -0.05) is 6.07 Å². The van der Waals surface area contributed by atoms with Gasteiger partial charge in [-0.15, -0.1) is 0 Å². The fourth-order valence-electron chi connectivity index (χ4n) is 4.15. The fraction of sp³-hybridized carbons (Fsp3) is 0.684. The van der Waals surface area contributed by atoms with Crippen molar-refractivity contribution < 1.29 is 19.0 Å². The molecule has 6 nitrogen and oxygen atoms in total. The van der Waals surface area contributed by atoms with Gasteiger partial charge in [0.05, 0.1) is 12.2 Å². The van der Waals surface area contributed by atoms with Crippen molar-refractivity contribution in [3.05, 3.63) is 24.4 Å². The van der Waals surface area contributed by atoms with Gasteiger partial charge in [0.15, 0.2) is 0 Å². The molecular weight excluding hydrogens is 320 g/mol. The topological polar surface area (TPSA) is 60.9 Å². The summed E-state index contributed by atoms with van der Waals surface area (Å²) in [5.41, 5.74) is -0.133. The van der Waals surface area contributed by atoms with Crippen LogP contribution in [0.3, 0.4) is 0 Å². The van der Waals surface area contributed by atoms with E-state index >= 15 is 0 Å². The van der Waals surface area contributed by atoms with Crippen LogP contribution in [0, 0.1) is 5.92 Å². The van der Waals surface area contributed by atoms with E-state index in [-0.39, 0.29) is 17.6 Å². The first kappa shape index (κ1) is 16.8. The molecule has 3 saturated heterocycles. The lowest BCUT2D eigenvalue weighted by atomic mass is 9.87. The fourth-order valence-corrected chi connectivity index (χ4v) is 4.15. The van der Waals surface area contributed by atoms with E-state index in [4.69, 9.17) is 14.2 Å². The number of amides is 1. The third kappa shape index (κ3) is 3.80. The largest absolute Gasteiger partial charge is 0.472 e. The molecule has 4 rings (SSSR count). The number of likely N-dealkylation sites (tertiary alicyclic amines) is 1. The zero-order valence-corrected chi connectivity index (χ0v) is 14.6. The summed E-state index contributed by atoms with van der Waals surface area (Å²) in [5.74, 6) is 1.10. The van der Waals surface area contributed by atoms with E-state index in [0.717, 1.165) is 45.2 Å². The zero-order chi connectivity index (χ0) is 17.1. The van der Waals surface area contributed by atoms with Gasteiger partial charge in [0.25, 0.3) is 0 Å². The number of carbonyl (C=O) groups is 1. The van der Waals surface area contributed by atoms with Gasteiger partial charge in [0, 0.05) is 50.9 Å². The Morgan fingerprint density at radius 1 is 1.24 bits per heavy atom. The Hall–Kier alpha value is -1.66. The van der Waals surface area contributed by atoms with E-state index in [1.165, 1.54) is 0 Å². The number of piperidine rings is 1. The SMILES string of the molecule is O=C(C1CCOCC1)N1CCC2(CC1)CC(Oc1ccccn1)CO2. The Morgan fingerprint density at radius 3 is 2.76 bits per heavy atom. The maximum absolute atomic E-state index is 12.7. The molecule has 1 spiro atoms. The first-order valence-corrected chi connectivity index (χ1v) is 9.32. The van der Waals surface area contributed by atoms with Crippen LogP contribution in [0.15, 0.2) is 24.4 Å². The van der Waals surface area contributed by atoms with Gasteiger partial charge >= 0.3 is 0 Å². The highest BCUT2D eigenvalue weighted by Gasteiger charge is 2.45. The average Bonchev–Trinajstić information content (AvgIpc) is 3.05. The second kappa shape index (κ2) is 7.30. The lowest BCUT2D eigenvalue weighted by molar-refractivity contribution is -0.143. The number of nitrogens with zero attached hydrogens (tertiary/aromatic N) is 2. The Kier molecular flexibility index (Phi) is 4.90. The summed E-state index contributed by atoms with van der Waals surface area (Å²) in [6.07, 6.45) is 6.17. The molecule has 6 heteroatoms. The van der Waals surface area contributed by atoms with Crippen molar-refractivity contribution in [3.8, 4) is 5.88 Å². The number of hydrogen-bond acceptors (Lipinski definition) is 5. The summed E-state index contributed by atoms with van der Waals surface area (Å²) in [4.78, 5) is 18.9. The lowest BCUT2D eigenvalue weighted by Crippen LogP contribution is -2.49. The molecule has 0 N–H and O–H groups in total. The highest BCUT2D eigenvalue weighted by Crippen LogP contribution is 2.37. The van der Waals surface area contributed by atoms with Crippen LogP contribution in [-0.2, 0) is 14.3 Å². The van der Waals surface area contributed by atoms with Crippen LogP contribution in [0.1, 0.15) is 32.1 Å². The Morgan fingerprint density at radius 2 is 2.04 bits per heavy atom. The van der Waals surface area contributed by atoms with E-state index in [9.17, 15) is 4.79 Å². The number of pyridine rings is 1. The minimum atomic E-state index is -0.133. The molecule has 1 aromatic heterocycles. The quantitative estimate of drug-likeness (QED) is 0.838. The van der Waals surface area contributed by atoms with Gasteiger partial charge in [-0.2, -0.15) is 0 Å². The maximum Gasteiger partial charge on any atom is 0.225 e. The van der Waals surface area contributed by atoms with Crippen LogP contribution in [0.5, 0.6) is 5.88 Å². The molecule has 4 heterocycles. The number of aromatic nitrogens is 1. The molecule has 136 valence electrons. The predicted molar refractivity (Wildman–Crippen MR) is 91.3 cm³/mol. The minimum Gasteiger partial charge on any atom is -0.472 e. The van der Waals surface area contributed by atoms with Gasteiger partial charge < -0.3 is 19.1 Å². The molecule has 3 fully saturated rings. The van der Waals surface area contributed by atoms with Crippen molar-refractivity contribution in [1.29, 1.82) is 0 Å². The van der Waals surface area contributed by atoms with Gasteiger partial charge in [-0.25, -0.2) is 4.98 Å². The smallest absolute Gasteiger partial charge is 0.225 e. The van der Waals surface area contributed by atoms with E-state index in [0.29, 0.717) is 31.6 Å². The minimum absolute atomic E-state index is 0.0487. The van der Waals surface area contributed by atoms with Crippen molar-refractivity contribution in [3.63, 3.8) is 0 Å². The van der Waals surface area contributed by atoms with Crippen LogP contribution < -0.4 is 4.74 Å². The molecule has 1 unspecified atom stereocenters. The Balaban J connectivity index is 1.29. The van der Waals surface area contributed by atoms with Crippen LogP contribution in [0.25, 0.3) is 0 Å². The molecule has 1 atom stereocenters. The third-order valence-corrected chi connectivity index (χ3v) is 5.66. The molecule has 0 saturated carbocycles. The maximum atomic E-state index is 12.7. The normalized spacial score (nSPS) is 26.7. The van der Waals surface area contributed by atoms with Crippen LogP contribution in [-0.4, -0.2) is 60.4 Å². The van der Waals surface area contributed by atoms with Gasteiger partial charge in [-0.3, -0.25) is 4.79 Å². The van der Waals surface area contributed by atoms with Crippen LogP contribution in [0.2, 0.25) is 0 Å². The van der Waals surface area contributed by atoms with E-state index in [1.807, 2.05) is 23.1 Å². The molecule has 0 aliphatic carbocycles. The van der Waals surface area contributed by atoms with Crippen molar-refractivity contribution in [1.82, 2.24) is 9.88 Å². The molecular formula is C19H26N2O4. The summed E-state index contributed by atoms with van der Waals surface area (Å²) in [5, 5.41) is 0. The van der Waals surface area contributed by atoms with Crippen LogP contribution >= 0.6 is 0 Å². The molecule has 1 aromatic rings. The second-order valence-corrected chi connectivity index (χ2v) is 7.32. The molecule has 3 aliphatic heterocycles. The van der Waals surface area contributed by atoms with E-state index in [2.05, 4.69) is 4.98 Å². The van der Waals surface area contributed by atoms with Crippen molar-refractivity contribution in [2.75, 3.05) is 32.9 Å². The average molecular weight is 346 g/mol. The number of rotatable bonds is 3. The van der Waals surface area contributed by atoms with Gasteiger partial charge in [-0.05, 0) is 31.7 Å². The Bertz CT molecular complexity index is 580. The van der Waals surface area contributed by atoms with Gasteiger partial charge in [0.1, 0.15) is 6.10 Å². The van der Waals surface area contributed by atoms with E-state index < -0.39 is 0 Å². The monoisotopic (exact) mass is 346 g/mol. The van der Waals surface area contributed by atoms with E-state index in [1.54, 1.807) is 6.20 Å². The number of ether oxygens (including phenoxy) is 3. The first-order valence-electron chi connectivity index (χ1n) is 9.32. The molecule has 25 heavy (non-hydrogen) atoms. The summed E-state index contributed by atoms with van der Waals surface area (Å²) in [7, 11) is 0. The molecule has 0 radical (unpaired) electrons. The summed E-state index contributed by atoms with van der Waals surface area (Å²) in [6.45, 7) is 3.59. The first-order chi connectivity index (χ1) is 12.2. The summed E-state index contributed by atoms with van der Waals surface area (Å²) in [6, 6.07) is 5.68. The standard InChI is InChI=1S/C19H26N2O4/c22-18(15-4-11-23-12-5-15)21-9-6-19(7-10-21)13-16(14-24-19)25-17-3-1-2-8-20-17/h1-3,8,15-16H,4-7,9-14H2. The van der Waals surface area contributed by atoms with Crippen molar-refractivity contribution >= 4 is 5.91 Å². The number of hydrogen-bond donors (Lipinski definition) is 0. The second-order valence-electron chi connectivity index (χ2n) is 7.32. The summed E-state index contributed by atoms with van der Waals surface area (Å²) < 4.78 is 17.4. The molecule has 0 bridgehead atoms. The van der Waals surface area contributed by atoms with Gasteiger partial charge in [0.2, 0.25) is 11.8 Å². The molecule has 0 aromatic carbocycles. The summed E-state index contributed by atoms with van der Waals surface area (Å²) >= 11 is 0. The highest BCUT2D eigenvalue weighted by molar-refractivity contribution is 5.79. The van der Waals surface area contributed by atoms with Crippen molar-refractivity contribution in [2.45, 2.75) is 43.8 Å².